The summed E-state index contributed by atoms with van der Waals surface area (Å²) in [7, 11) is 0. The minimum absolute atomic E-state index is 0.109. The summed E-state index contributed by atoms with van der Waals surface area (Å²) in [6, 6.07) is 0. The molecule has 4 heteroatoms. The second kappa shape index (κ2) is 6.15. The number of epoxide rings is 2. The molecule has 3 aliphatic rings. The van der Waals surface area contributed by atoms with Gasteiger partial charge in [-0.05, 0) is 37.2 Å². The van der Waals surface area contributed by atoms with E-state index in [-0.39, 0.29) is 6.29 Å². The fraction of sp³-hybridized carbons (Fsp3) is 0.857. The Kier molecular flexibility index (Phi) is 4.31. The summed E-state index contributed by atoms with van der Waals surface area (Å²) >= 11 is 0. The lowest BCUT2D eigenvalue weighted by atomic mass is 9.88. The molecule has 2 saturated heterocycles. The van der Waals surface area contributed by atoms with Crippen molar-refractivity contribution in [3.8, 4) is 0 Å². The van der Waals surface area contributed by atoms with Crippen molar-refractivity contribution in [2.45, 2.75) is 38.1 Å². The lowest BCUT2D eigenvalue weighted by Crippen LogP contribution is -2.13. The summed E-state index contributed by atoms with van der Waals surface area (Å²) in [4.78, 5) is 0. The van der Waals surface area contributed by atoms with Crippen LogP contribution in [-0.4, -0.2) is 45.4 Å². The zero-order valence-corrected chi connectivity index (χ0v) is 10.8. The van der Waals surface area contributed by atoms with Gasteiger partial charge in [0, 0.05) is 0 Å². The largest absolute Gasteiger partial charge is 0.374 e. The molecule has 4 nitrogen and oxygen atoms in total. The number of hydrogen-bond donors (Lipinski definition) is 0. The van der Waals surface area contributed by atoms with Gasteiger partial charge < -0.3 is 18.9 Å². The standard InChI is InChI=1S/C14H22O4/c1-3-12(7-15-8-13-9-17-13)4-2-11(1)5-6-16-14-10-18-14/h3,11,13-14H,1-2,4-10H2. The molecule has 0 aromatic carbocycles. The molecular weight excluding hydrogens is 232 g/mol. The Bertz CT molecular complexity index is 294. The van der Waals surface area contributed by atoms with Gasteiger partial charge in [-0.3, -0.25) is 0 Å². The van der Waals surface area contributed by atoms with E-state index in [0.29, 0.717) is 6.10 Å². The third-order valence-electron chi connectivity index (χ3n) is 3.74. The average molecular weight is 254 g/mol. The van der Waals surface area contributed by atoms with Crippen LogP contribution in [0.1, 0.15) is 25.7 Å². The lowest BCUT2D eigenvalue weighted by Gasteiger charge is -2.21. The van der Waals surface area contributed by atoms with Crippen LogP contribution in [0.25, 0.3) is 0 Å². The molecule has 3 rings (SSSR count). The molecule has 3 atom stereocenters. The van der Waals surface area contributed by atoms with Gasteiger partial charge in [-0.15, -0.1) is 0 Å². The molecule has 2 aliphatic heterocycles. The Morgan fingerprint density at radius 2 is 2.17 bits per heavy atom. The van der Waals surface area contributed by atoms with Crippen LogP contribution in [0.2, 0.25) is 0 Å². The van der Waals surface area contributed by atoms with Crippen molar-refractivity contribution in [1.82, 2.24) is 0 Å². The van der Waals surface area contributed by atoms with E-state index in [1.54, 1.807) is 0 Å². The minimum atomic E-state index is 0.109. The van der Waals surface area contributed by atoms with Crippen LogP contribution in [-0.2, 0) is 18.9 Å². The topological polar surface area (TPSA) is 43.5 Å². The minimum Gasteiger partial charge on any atom is -0.374 e. The predicted molar refractivity (Wildman–Crippen MR) is 66.3 cm³/mol. The molecule has 0 aromatic rings. The van der Waals surface area contributed by atoms with E-state index in [9.17, 15) is 0 Å². The second-order valence-electron chi connectivity index (χ2n) is 5.40. The maximum Gasteiger partial charge on any atom is 0.181 e. The van der Waals surface area contributed by atoms with E-state index in [1.165, 1.54) is 24.8 Å². The Morgan fingerprint density at radius 1 is 1.28 bits per heavy atom. The zero-order chi connectivity index (χ0) is 12.2. The molecule has 0 radical (unpaired) electrons. The lowest BCUT2D eigenvalue weighted by molar-refractivity contribution is 0.0413. The molecule has 1 aliphatic carbocycles. The van der Waals surface area contributed by atoms with Crippen LogP contribution < -0.4 is 0 Å². The molecule has 3 unspecified atom stereocenters. The van der Waals surface area contributed by atoms with E-state index < -0.39 is 0 Å². The SMILES string of the molecule is C1=C(COCC2CO2)CCC(CCOC2CO2)C1. The van der Waals surface area contributed by atoms with Crippen molar-refractivity contribution in [2.24, 2.45) is 5.92 Å². The molecule has 0 saturated carbocycles. The number of allylic oxidation sites excluding steroid dienone is 1. The van der Waals surface area contributed by atoms with Crippen LogP contribution in [0, 0.1) is 5.92 Å². The van der Waals surface area contributed by atoms with Crippen LogP contribution in [0.15, 0.2) is 11.6 Å². The Morgan fingerprint density at radius 3 is 2.83 bits per heavy atom. The van der Waals surface area contributed by atoms with Gasteiger partial charge in [0.15, 0.2) is 6.29 Å². The van der Waals surface area contributed by atoms with Crippen LogP contribution in [0.3, 0.4) is 0 Å². The molecule has 0 spiro atoms. The van der Waals surface area contributed by atoms with Gasteiger partial charge in [-0.2, -0.15) is 0 Å². The Labute approximate surface area is 108 Å². The number of rotatable bonds is 8. The van der Waals surface area contributed by atoms with Gasteiger partial charge in [0.1, 0.15) is 12.7 Å². The van der Waals surface area contributed by atoms with Crippen molar-refractivity contribution in [2.75, 3.05) is 33.0 Å². The summed E-state index contributed by atoms with van der Waals surface area (Å²) in [5, 5.41) is 0. The quantitative estimate of drug-likeness (QED) is 0.490. The molecule has 102 valence electrons. The molecule has 2 heterocycles. The van der Waals surface area contributed by atoms with E-state index in [0.717, 1.165) is 45.4 Å². The smallest absolute Gasteiger partial charge is 0.181 e. The van der Waals surface area contributed by atoms with E-state index in [1.807, 2.05) is 0 Å². The van der Waals surface area contributed by atoms with Gasteiger partial charge in [0.25, 0.3) is 0 Å². The summed E-state index contributed by atoms with van der Waals surface area (Å²) in [6.07, 6.45) is 7.62. The van der Waals surface area contributed by atoms with Crippen LogP contribution in [0.5, 0.6) is 0 Å². The van der Waals surface area contributed by atoms with Gasteiger partial charge in [0.05, 0.1) is 26.4 Å². The molecule has 0 aromatic heterocycles. The number of hydrogen-bond acceptors (Lipinski definition) is 4. The highest BCUT2D eigenvalue weighted by atomic mass is 16.8. The second-order valence-corrected chi connectivity index (χ2v) is 5.40. The molecule has 0 amide bonds. The van der Waals surface area contributed by atoms with E-state index in [4.69, 9.17) is 18.9 Å². The van der Waals surface area contributed by atoms with Gasteiger partial charge in [-0.1, -0.05) is 6.08 Å². The van der Waals surface area contributed by atoms with Gasteiger partial charge in [0.2, 0.25) is 0 Å². The van der Waals surface area contributed by atoms with Crippen LogP contribution >= 0.6 is 0 Å². The Hall–Kier alpha value is -0.420. The van der Waals surface area contributed by atoms with Crippen molar-refractivity contribution in [1.29, 1.82) is 0 Å². The molecule has 0 bridgehead atoms. The first-order valence-corrected chi connectivity index (χ1v) is 7.00. The summed E-state index contributed by atoms with van der Waals surface area (Å²) in [5.41, 5.74) is 1.46. The highest BCUT2D eigenvalue weighted by molar-refractivity contribution is 5.06. The highest BCUT2D eigenvalue weighted by Gasteiger charge is 2.24. The summed E-state index contributed by atoms with van der Waals surface area (Å²) in [5.74, 6) is 0.777. The molecular formula is C14H22O4. The highest BCUT2D eigenvalue weighted by Crippen LogP contribution is 2.27. The normalized spacial score (nSPS) is 34.2. The fourth-order valence-corrected chi connectivity index (χ4v) is 2.32. The van der Waals surface area contributed by atoms with Crippen molar-refractivity contribution in [3.05, 3.63) is 11.6 Å². The van der Waals surface area contributed by atoms with Crippen molar-refractivity contribution in [3.63, 3.8) is 0 Å². The first-order chi connectivity index (χ1) is 8.90. The summed E-state index contributed by atoms with van der Waals surface area (Å²) in [6.45, 7) is 4.06. The maximum atomic E-state index is 5.62. The maximum absolute atomic E-state index is 5.62. The van der Waals surface area contributed by atoms with Crippen LogP contribution in [0.4, 0.5) is 0 Å². The van der Waals surface area contributed by atoms with Crippen molar-refractivity contribution < 1.29 is 18.9 Å². The predicted octanol–water partition coefficient (Wildman–Crippen LogP) is 1.89. The zero-order valence-electron chi connectivity index (χ0n) is 10.8. The van der Waals surface area contributed by atoms with Gasteiger partial charge in [-0.25, -0.2) is 0 Å². The van der Waals surface area contributed by atoms with Crippen molar-refractivity contribution >= 4 is 0 Å². The van der Waals surface area contributed by atoms with E-state index >= 15 is 0 Å². The average Bonchev–Trinajstić information content (AvgIpc) is 3.25. The monoisotopic (exact) mass is 254 g/mol. The molecule has 2 fully saturated rings. The van der Waals surface area contributed by atoms with Gasteiger partial charge >= 0.3 is 0 Å². The fourth-order valence-electron chi connectivity index (χ4n) is 2.32. The summed E-state index contributed by atoms with van der Waals surface area (Å²) < 4.78 is 21.3. The third-order valence-corrected chi connectivity index (χ3v) is 3.74. The molecule has 18 heavy (non-hydrogen) atoms. The first-order valence-electron chi connectivity index (χ1n) is 7.00. The first kappa shape index (κ1) is 12.6. The van der Waals surface area contributed by atoms with E-state index in [2.05, 4.69) is 6.08 Å². The number of ether oxygens (including phenoxy) is 4. The Balaban J connectivity index is 1.26. The third kappa shape index (κ3) is 4.35. The molecule has 0 N–H and O–H groups in total.